The maximum absolute atomic E-state index is 11.3. The molecule has 0 saturated heterocycles. The summed E-state index contributed by atoms with van der Waals surface area (Å²) in [6.07, 6.45) is 0. The number of carbonyl (C=O) groups excluding carboxylic acids is 1. The molecule has 0 aliphatic carbocycles. The predicted molar refractivity (Wildman–Crippen MR) is 69.7 cm³/mol. The third-order valence-corrected chi connectivity index (χ3v) is 3.13. The van der Waals surface area contributed by atoms with Crippen molar-refractivity contribution in [2.24, 2.45) is 0 Å². The van der Waals surface area contributed by atoms with Gasteiger partial charge in [-0.15, -0.1) is 5.10 Å². The second-order valence-corrected chi connectivity index (χ2v) is 4.65. The lowest BCUT2D eigenvalue weighted by Crippen LogP contribution is -2.03. The molecule has 19 heavy (non-hydrogen) atoms. The normalized spacial score (nSPS) is 10.4. The quantitative estimate of drug-likeness (QED) is 0.660. The van der Waals surface area contributed by atoms with Crippen molar-refractivity contribution in [3.63, 3.8) is 0 Å². The van der Waals surface area contributed by atoms with E-state index in [1.54, 1.807) is 0 Å². The summed E-state index contributed by atoms with van der Waals surface area (Å²) in [5.41, 5.74) is 0.732. The van der Waals surface area contributed by atoms with Crippen LogP contribution in [-0.4, -0.2) is 37.4 Å². The van der Waals surface area contributed by atoms with Crippen molar-refractivity contribution in [1.82, 2.24) is 14.8 Å². The van der Waals surface area contributed by atoms with E-state index in [0.29, 0.717) is 5.16 Å². The van der Waals surface area contributed by atoms with Crippen molar-refractivity contribution < 1.29 is 14.7 Å². The second-order valence-electron chi connectivity index (χ2n) is 3.70. The summed E-state index contributed by atoms with van der Waals surface area (Å²) < 4.78 is 1.48. The smallest absolute Gasteiger partial charge is 0.313 e. The number of nitrogens with zero attached hydrogens (tertiary/aromatic N) is 3. The van der Waals surface area contributed by atoms with Gasteiger partial charge < -0.3 is 5.11 Å². The van der Waals surface area contributed by atoms with E-state index >= 15 is 0 Å². The molecule has 0 amide bonds. The van der Waals surface area contributed by atoms with E-state index in [4.69, 9.17) is 5.11 Å². The van der Waals surface area contributed by atoms with E-state index in [2.05, 4.69) is 10.1 Å². The number of aliphatic carboxylic acids is 1. The van der Waals surface area contributed by atoms with E-state index in [1.807, 2.05) is 30.3 Å². The minimum Gasteiger partial charge on any atom is -0.481 e. The van der Waals surface area contributed by atoms with E-state index in [1.165, 1.54) is 11.6 Å². The Balaban J connectivity index is 2.40. The first kappa shape index (κ1) is 13.3. The van der Waals surface area contributed by atoms with Crippen LogP contribution in [0, 0.1) is 0 Å². The number of carboxylic acid groups (broad SMARTS) is 1. The number of aromatic nitrogens is 3. The summed E-state index contributed by atoms with van der Waals surface area (Å²) in [6, 6.07) is 9.13. The van der Waals surface area contributed by atoms with Gasteiger partial charge in [0.2, 0.25) is 5.82 Å². The Hall–Kier alpha value is -2.15. The topological polar surface area (TPSA) is 85.1 Å². The molecule has 1 aromatic carbocycles. The number of Topliss-reactive ketones (excluding diaryl/α,β-unsaturated/α-hetero) is 1. The summed E-state index contributed by atoms with van der Waals surface area (Å²) in [7, 11) is 0. The number of para-hydroxylation sites is 1. The van der Waals surface area contributed by atoms with Crippen molar-refractivity contribution in [1.29, 1.82) is 0 Å². The number of carbonyl (C=O) groups is 2. The Morgan fingerprint density at radius 2 is 2.00 bits per heavy atom. The van der Waals surface area contributed by atoms with Crippen LogP contribution in [0.2, 0.25) is 0 Å². The van der Waals surface area contributed by atoms with Gasteiger partial charge in [0.1, 0.15) is 0 Å². The molecular formula is C12H11N3O3S. The molecule has 0 fully saturated rings. The fourth-order valence-electron chi connectivity index (χ4n) is 1.40. The van der Waals surface area contributed by atoms with Gasteiger partial charge >= 0.3 is 5.97 Å². The average molecular weight is 277 g/mol. The minimum absolute atomic E-state index is 0.0803. The highest BCUT2D eigenvalue weighted by molar-refractivity contribution is 7.99. The zero-order chi connectivity index (χ0) is 13.8. The Morgan fingerprint density at radius 1 is 1.32 bits per heavy atom. The highest BCUT2D eigenvalue weighted by atomic mass is 32.2. The number of hydrogen-bond donors (Lipinski definition) is 1. The lowest BCUT2D eigenvalue weighted by atomic mass is 10.3. The lowest BCUT2D eigenvalue weighted by molar-refractivity contribution is -0.133. The van der Waals surface area contributed by atoms with Gasteiger partial charge in [-0.05, 0) is 12.1 Å². The number of thioether (sulfide) groups is 1. The van der Waals surface area contributed by atoms with Gasteiger partial charge in [-0.25, -0.2) is 4.68 Å². The lowest BCUT2D eigenvalue weighted by Gasteiger charge is -2.03. The van der Waals surface area contributed by atoms with Crippen LogP contribution >= 0.6 is 11.8 Å². The molecule has 6 nitrogen and oxygen atoms in total. The fraction of sp³-hybridized carbons (Fsp3) is 0.167. The van der Waals surface area contributed by atoms with Crippen molar-refractivity contribution in [2.45, 2.75) is 12.1 Å². The third-order valence-electron chi connectivity index (χ3n) is 2.22. The zero-order valence-corrected chi connectivity index (χ0v) is 10.9. The molecule has 0 aliphatic rings. The molecule has 2 aromatic rings. The first-order valence-electron chi connectivity index (χ1n) is 5.46. The molecule has 98 valence electrons. The van der Waals surface area contributed by atoms with Gasteiger partial charge in [0.15, 0.2) is 10.9 Å². The minimum atomic E-state index is -0.947. The monoisotopic (exact) mass is 277 g/mol. The van der Waals surface area contributed by atoms with Gasteiger partial charge in [0.25, 0.3) is 0 Å². The first-order chi connectivity index (χ1) is 9.08. The fourth-order valence-corrected chi connectivity index (χ4v) is 2.08. The van der Waals surface area contributed by atoms with E-state index in [9.17, 15) is 9.59 Å². The highest BCUT2D eigenvalue weighted by Gasteiger charge is 2.15. The average Bonchev–Trinajstić information content (AvgIpc) is 2.81. The van der Waals surface area contributed by atoms with Crippen LogP contribution in [0.5, 0.6) is 0 Å². The van der Waals surface area contributed by atoms with Crippen molar-refractivity contribution in [3.05, 3.63) is 36.2 Å². The standard InChI is InChI=1S/C12H11N3O3S/c1-8(16)11-13-12(19-7-10(17)18)15(14-11)9-5-3-2-4-6-9/h2-6H,7H2,1H3,(H,17,18). The third kappa shape index (κ3) is 3.19. The molecule has 1 N–H and O–H groups in total. The number of carboxylic acids is 1. The van der Waals surface area contributed by atoms with E-state index < -0.39 is 5.97 Å². The summed E-state index contributed by atoms with van der Waals surface area (Å²) in [6.45, 7) is 1.37. The first-order valence-corrected chi connectivity index (χ1v) is 6.44. The number of ketones is 1. The Labute approximate surface area is 113 Å². The summed E-state index contributed by atoms with van der Waals surface area (Å²) in [5, 5.41) is 13.2. The molecular weight excluding hydrogens is 266 g/mol. The van der Waals surface area contributed by atoms with Crippen LogP contribution in [0.3, 0.4) is 0 Å². The zero-order valence-electron chi connectivity index (χ0n) is 10.1. The van der Waals surface area contributed by atoms with E-state index in [-0.39, 0.29) is 17.4 Å². The number of hydrogen-bond acceptors (Lipinski definition) is 5. The Kier molecular flexibility index (Phi) is 3.96. The van der Waals surface area contributed by atoms with Crippen molar-refractivity contribution in [3.8, 4) is 5.69 Å². The maximum Gasteiger partial charge on any atom is 0.313 e. The molecule has 0 unspecified atom stereocenters. The molecule has 7 heteroatoms. The number of benzene rings is 1. The molecule has 0 aliphatic heterocycles. The van der Waals surface area contributed by atoms with Crippen LogP contribution < -0.4 is 0 Å². The van der Waals surface area contributed by atoms with Crippen LogP contribution in [0.1, 0.15) is 17.5 Å². The van der Waals surface area contributed by atoms with Crippen LogP contribution in [0.25, 0.3) is 5.69 Å². The van der Waals surface area contributed by atoms with Gasteiger partial charge in [-0.3, -0.25) is 9.59 Å². The molecule has 0 spiro atoms. The maximum atomic E-state index is 11.3. The Bertz CT molecular complexity index is 610. The molecule has 1 heterocycles. The van der Waals surface area contributed by atoms with Gasteiger partial charge in [0.05, 0.1) is 11.4 Å². The molecule has 0 atom stereocenters. The predicted octanol–water partition coefficient (Wildman–Crippen LogP) is 1.65. The highest BCUT2D eigenvalue weighted by Crippen LogP contribution is 2.20. The van der Waals surface area contributed by atoms with Crippen LogP contribution in [-0.2, 0) is 4.79 Å². The largest absolute Gasteiger partial charge is 0.481 e. The van der Waals surface area contributed by atoms with E-state index in [0.717, 1.165) is 17.4 Å². The van der Waals surface area contributed by atoms with Crippen molar-refractivity contribution in [2.75, 3.05) is 5.75 Å². The summed E-state index contributed by atoms with van der Waals surface area (Å²) in [4.78, 5) is 26.0. The van der Waals surface area contributed by atoms with Gasteiger partial charge in [-0.2, -0.15) is 4.98 Å². The number of rotatable bonds is 5. The molecule has 2 rings (SSSR count). The SMILES string of the molecule is CC(=O)c1nc(SCC(=O)O)n(-c2ccccc2)n1. The second kappa shape index (κ2) is 5.66. The van der Waals surface area contributed by atoms with Crippen LogP contribution in [0.4, 0.5) is 0 Å². The summed E-state index contributed by atoms with van der Waals surface area (Å²) in [5.74, 6) is -1.26. The van der Waals surface area contributed by atoms with Crippen molar-refractivity contribution >= 4 is 23.5 Å². The molecule has 0 saturated carbocycles. The summed E-state index contributed by atoms with van der Waals surface area (Å²) >= 11 is 1.03. The Morgan fingerprint density at radius 3 is 2.58 bits per heavy atom. The van der Waals surface area contributed by atoms with Gasteiger partial charge in [-0.1, -0.05) is 30.0 Å². The van der Waals surface area contributed by atoms with Crippen LogP contribution in [0.15, 0.2) is 35.5 Å². The molecule has 0 bridgehead atoms. The van der Waals surface area contributed by atoms with Gasteiger partial charge in [0, 0.05) is 6.92 Å². The molecule has 0 radical (unpaired) electrons. The molecule has 1 aromatic heterocycles.